The lowest BCUT2D eigenvalue weighted by atomic mass is 9.83. The molecule has 0 saturated heterocycles. The molecular formula is C21H22O5. The summed E-state index contributed by atoms with van der Waals surface area (Å²) in [5.74, 6) is -0.164. The Kier molecular flexibility index (Phi) is 4.89. The number of phenolic OH excluding ortho intramolecular Hbond substituents is 2. The summed E-state index contributed by atoms with van der Waals surface area (Å²) in [6, 6.07) is 9.87. The van der Waals surface area contributed by atoms with Crippen molar-refractivity contribution in [1.82, 2.24) is 0 Å². The third-order valence-electron chi connectivity index (χ3n) is 4.49. The number of Topliss-reactive ketones (excluding diaryl/α,β-unsaturated/α-hetero) is 1. The zero-order valence-corrected chi connectivity index (χ0v) is 15.0. The molecule has 5 nitrogen and oxygen atoms in total. The van der Waals surface area contributed by atoms with Crippen LogP contribution in [0.15, 0.2) is 48.0 Å². The van der Waals surface area contributed by atoms with Crippen molar-refractivity contribution in [1.29, 1.82) is 0 Å². The minimum atomic E-state index is -0.516. The first-order valence-electron chi connectivity index (χ1n) is 8.45. The van der Waals surface area contributed by atoms with Gasteiger partial charge in [-0.15, -0.1) is 0 Å². The van der Waals surface area contributed by atoms with Crippen LogP contribution in [0.4, 0.5) is 0 Å². The number of methoxy groups -OCH3 is 1. The maximum absolute atomic E-state index is 13.1. The average molecular weight is 354 g/mol. The van der Waals surface area contributed by atoms with Crippen molar-refractivity contribution in [2.75, 3.05) is 7.11 Å². The van der Waals surface area contributed by atoms with Crippen LogP contribution in [-0.4, -0.2) is 23.1 Å². The summed E-state index contributed by atoms with van der Waals surface area (Å²) in [6.45, 7) is 3.94. The van der Waals surface area contributed by atoms with Crippen molar-refractivity contribution in [2.24, 2.45) is 5.92 Å². The second kappa shape index (κ2) is 7.12. The van der Waals surface area contributed by atoms with Gasteiger partial charge in [0, 0.05) is 12.1 Å². The first-order valence-corrected chi connectivity index (χ1v) is 8.45. The predicted molar refractivity (Wildman–Crippen MR) is 98.0 cm³/mol. The van der Waals surface area contributed by atoms with Crippen molar-refractivity contribution in [3.63, 3.8) is 0 Å². The standard InChI is InChI=1S/C21H22O5/c1-12(2)4-9-16-20(24)19-17(23)10-14(22)11-18(19)26-21(16)13-5-7-15(25-3)8-6-13/h4-8,10-11,16,21-23H,9H2,1-3H3/t16-,21-/m0/s1. The van der Waals surface area contributed by atoms with Gasteiger partial charge in [-0.2, -0.15) is 0 Å². The maximum atomic E-state index is 13.1. The number of allylic oxidation sites excluding steroid dienone is 2. The maximum Gasteiger partial charge on any atom is 0.177 e. The normalized spacial score (nSPS) is 18.7. The van der Waals surface area contributed by atoms with Crippen LogP contribution in [0.3, 0.4) is 0 Å². The van der Waals surface area contributed by atoms with Gasteiger partial charge in [0.1, 0.15) is 34.7 Å². The number of hydrogen-bond acceptors (Lipinski definition) is 5. The Labute approximate surface area is 152 Å². The Morgan fingerprint density at radius 1 is 1.19 bits per heavy atom. The number of carbonyl (C=O) groups excluding carboxylic acids is 1. The first-order chi connectivity index (χ1) is 12.4. The molecule has 2 aromatic carbocycles. The van der Waals surface area contributed by atoms with Gasteiger partial charge in [-0.25, -0.2) is 0 Å². The fraction of sp³-hybridized carbons (Fsp3) is 0.286. The molecule has 0 fully saturated rings. The van der Waals surface area contributed by atoms with E-state index in [-0.39, 0.29) is 28.6 Å². The van der Waals surface area contributed by atoms with Gasteiger partial charge >= 0.3 is 0 Å². The van der Waals surface area contributed by atoms with E-state index in [4.69, 9.17) is 9.47 Å². The van der Waals surface area contributed by atoms with E-state index >= 15 is 0 Å². The van der Waals surface area contributed by atoms with E-state index in [1.165, 1.54) is 6.07 Å². The molecule has 3 rings (SSSR count). The third kappa shape index (κ3) is 3.38. The van der Waals surface area contributed by atoms with E-state index in [0.29, 0.717) is 12.2 Å². The van der Waals surface area contributed by atoms with Gasteiger partial charge in [-0.3, -0.25) is 4.79 Å². The molecule has 136 valence electrons. The molecule has 0 spiro atoms. The lowest BCUT2D eigenvalue weighted by Gasteiger charge is -2.33. The van der Waals surface area contributed by atoms with Gasteiger partial charge in [-0.1, -0.05) is 23.8 Å². The fourth-order valence-electron chi connectivity index (χ4n) is 3.16. The Morgan fingerprint density at radius 2 is 1.88 bits per heavy atom. The fourth-order valence-corrected chi connectivity index (χ4v) is 3.16. The van der Waals surface area contributed by atoms with E-state index in [1.54, 1.807) is 7.11 Å². The van der Waals surface area contributed by atoms with E-state index < -0.39 is 12.0 Å². The van der Waals surface area contributed by atoms with E-state index in [0.717, 1.165) is 17.2 Å². The minimum absolute atomic E-state index is 0.125. The number of rotatable bonds is 4. The van der Waals surface area contributed by atoms with Gasteiger partial charge in [-0.05, 0) is 38.0 Å². The van der Waals surface area contributed by atoms with Crippen molar-refractivity contribution in [3.8, 4) is 23.0 Å². The molecule has 1 aliphatic rings. The van der Waals surface area contributed by atoms with Crippen LogP contribution in [0.1, 0.15) is 42.3 Å². The van der Waals surface area contributed by atoms with Crippen LogP contribution in [0.2, 0.25) is 0 Å². The number of fused-ring (bicyclic) bond motifs is 1. The molecule has 26 heavy (non-hydrogen) atoms. The second-order valence-corrected chi connectivity index (χ2v) is 6.64. The molecule has 0 bridgehead atoms. The summed E-state index contributed by atoms with van der Waals surface area (Å²) in [5.41, 5.74) is 2.06. The topological polar surface area (TPSA) is 76.0 Å². The summed E-state index contributed by atoms with van der Waals surface area (Å²) in [7, 11) is 1.59. The molecule has 2 aromatic rings. The van der Waals surface area contributed by atoms with Crippen molar-refractivity contribution in [2.45, 2.75) is 26.4 Å². The lowest BCUT2D eigenvalue weighted by molar-refractivity contribution is 0.0654. The molecule has 0 aliphatic carbocycles. The molecule has 0 saturated carbocycles. The largest absolute Gasteiger partial charge is 0.508 e. The molecule has 2 N–H and O–H groups in total. The molecular weight excluding hydrogens is 332 g/mol. The number of carbonyl (C=O) groups is 1. The number of ketones is 1. The van der Waals surface area contributed by atoms with Crippen molar-refractivity contribution >= 4 is 5.78 Å². The van der Waals surface area contributed by atoms with Crippen LogP contribution >= 0.6 is 0 Å². The minimum Gasteiger partial charge on any atom is -0.508 e. The highest BCUT2D eigenvalue weighted by atomic mass is 16.5. The summed E-state index contributed by atoms with van der Waals surface area (Å²) >= 11 is 0. The smallest absolute Gasteiger partial charge is 0.177 e. The lowest BCUT2D eigenvalue weighted by Crippen LogP contribution is -2.31. The molecule has 5 heteroatoms. The van der Waals surface area contributed by atoms with Gasteiger partial charge < -0.3 is 19.7 Å². The Balaban J connectivity index is 2.06. The van der Waals surface area contributed by atoms with Crippen molar-refractivity contribution < 1.29 is 24.5 Å². The van der Waals surface area contributed by atoms with Crippen LogP contribution < -0.4 is 9.47 Å². The molecule has 0 amide bonds. The molecule has 1 aliphatic heterocycles. The summed E-state index contributed by atoms with van der Waals surface area (Å²) in [4.78, 5) is 13.1. The molecule has 2 atom stereocenters. The van der Waals surface area contributed by atoms with Crippen LogP contribution in [0.5, 0.6) is 23.0 Å². The summed E-state index contributed by atoms with van der Waals surface area (Å²) < 4.78 is 11.2. The highest BCUT2D eigenvalue weighted by Crippen LogP contribution is 2.45. The van der Waals surface area contributed by atoms with Gasteiger partial charge in [0.2, 0.25) is 0 Å². The van der Waals surface area contributed by atoms with Crippen LogP contribution in [0, 0.1) is 5.92 Å². The van der Waals surface area contributed by atoms with E-state index in [9.17, 15) is 15.0 Å². The first kappa shape index (κ1) is 17.9. The number of benzene rings is 2. The Morgan fingerprint density at radius 3 is 2.50 bits per heavy atom. The monoisotopic (exact) mass is 354 g/mol. The molecule has 0 radical (unpaired) electrons. The van der Waals surface area contributed by atoms with E-state index in [2.05, 4.69) is 0 Å². The number of hydrogen-bond donors (Lipinski definition) is 2. The molecule has 0 aromatic heterocycles. The number of phenols is 2. The molecule has 1 heterocycles. The van der Waals surface area contributed by atoms with E-state index in [1.807, 2.05) is 44.2 Å². The second-order valence-electron chi connectivity index (χ2n) is 6.64. The summed E-state index contributed by atoms with van der Waals surface area (Å²) in [5, 5.41) is 19.9. The van der Waals surface area contributed by atoms with Gasteiger partial charge in [0.05, 0.1) is 13.0 Å². The van der Waals surface area contributed by atoms with Crippen LogP contribution in [0.25, 0.3) is 0 Å². The third-order valence-corrected chi connectivity index (χ3v) is 4.49. The predicted octanol–water partition coefficient (Wildman–Crippen LogP) is 4.40. The summed E-state index contributed by atoms with van der Waals surface area (Å²) in [6.07, 6.45) is 1.97. The number of ether oxygens (including phenoxy) is 2. The SMILES string of the molecule is COc1ccc([C@@H]2Oc3cc(O)cc(O)c3C(=O)[C@@H]2CC=C(C)C)cc1. The molecule has 0 unspecified atom stereocenters. The number of aromatic hydroxyl groups is 2. The van der Waals surface area contributed by atoms with Gasteiger partial charge in [0.15, 0.2) is 5.78 Å². The Bertz CT molecular complexity index is 847. The van der Waals surface area contributed by atoms with Crippen LogP contribution in [-0.2, 0) is 0 Å². The average Bonchev–Trinajstić information content (AvgIpc) is 2.60. The zero-order valence-electron chi connectivity index (χ0n) is 15.0. The highest BCUT2D eigenvalue weighted by Gasteiger charge is 2.39. The Hall–Kier alpha value is -2.95. The zero-order chi connectivity index (χ0) is 18.8. The van der Waals surface area contributed by atoms with Crippen molar-refractivity contribution in [3.05, 3.63) is 59.2 Å². The van der Waals surface area contributed by atoms with Gasteiger partial charge in [0.25, 0.3) is 0 Å². The quantitative estimate of drug-likeness (QED) is 0.796. The highest BCUT2D eigenvalue weighted by molar-refractivity contribution is 6.04.